The van der Waals surface area contributed by atoms with Crippen molar-refractivity contribution >= 4 is 14.4 Å². The predicted molar refractivity (Wildman–Crippen MR) is 113 cm³/mol. The summed E-state index contributed by atoms with van der Waals surface area (Å²) < 4.78 is 12.2. The van der Waals surface area contributed by atoms with E-state index in [1.807, 2.05) is 20.8 Å². The Kier molecular flexibility index (Phi) is 9.34. The van der Waals surface area contributed by atoms with Crippen LogP contribution in [0.5, 0.6) is 0 Å². The minimum atomic E-state index is -1.94. The Balaban J connectivity index is 5.23. The first-order valence-electron chi connectivity index (χ1n) is 9.81. The maximum Gasteiger partial charge on any atom is 0.410 e. The second-order valence-electron chi connectivity index (χ2n) is 10.3. The third-order valence-corrected chi connectivity index (χ3v) is 9.40. The molecule has 0 unspecified atom stereocenters. The van der Waals surface area contributed by atoms with Crippen LogP contribution in [-0.2, 0) is 9.16 Å². The van der Waals surface area contributed by atoms with Gasteiger partial charge >= 0.3 is 6.09 Å². The fourth-order valence-corrected chi connectivity index (χ4v) is 3.54. The number of amides is 1. The van der Waals surface area contributed by atoms with Crippen molar-refractivity contribution in [1.29, 1.82) is 0 Å². The van der Waals surface area contributed by atoms with E-state index in [0.29, 0.717) is 12.6 Å². The number of ether oxygens (including phenoxy) is 1. The molecule has 6 heteroatoms. The zero-order valence-corrected chi connectivity index (χ0v) is 20.3. The molecular weight excluding hydrogens is 344 g/mol. The number of carbonyl (C=O) groups is 1. The lowest BCUT2D eigenvalue weighted by Crippen LogP contribution is -2.51. The first kappa shape index (κ1) is 25.4. The van der Waals surface area contributed by atoms with Gasteiger partial charge in [0.1, 0.15) is 5.60 Å². The summed E-state index contributed by atoms with van der Waals surface area (Å²) in [4.78, 5) is 14.0. The van der Waals surface area contributed by atoms with Gasteiger partial charge in [-0.1, -0.05) is 41.5 Å². The molecule has 0 saturated heterocycles. The van der Waals surface area contributed by atoms with Crippen LogP contribution in [-0.4, -0.2) is 57.2 Å². The largest absolute Gasteiger partial charge is 0.444 e. The second kappa shape index (κ2) is 9.56. The second-order valence-corrected chi connectivity index (χ2v) is 15.1. The summed E-state index contributed by atoms with van der Waals surface area (Å²) >= 11 is 0. The first-order valence-corrected chi connectivity index (χ1v) is 12.7. The molecule has 0 saturated carbocycles. The average molecular weight is 389 g/mol. The number of carbonyl (C=O) groups excluding carboxylic acids is 1. The SMILES string of the molecule is CC(C)NC[C@@H](C)[C@H](CN(C)C(=O)OC(C)(C)C)O[Si](C)(C)C(C)(C)C. The minimum absolute atomic E-state index is 0.0281. The molecular formula is C20H44N2O3Si. The number of hydrogen-bond acceptors (Lipinski definition) is 4. The zero-order chi connectivity index (χ0) is 20.9. The Morgan fingerprint density at radius 2 is 1.58 bits per heavy atom. The van der Waals surface area contributed by atoms with E-state index >= 15 is 0 Å². The van der Waals surface area contributed by atoms with Crippen LogP contribution in [0.4, 0.5) is 4.79 Å². The third kappa shape index (κ3) is 9.37. The summed E-state index contributed by atoms with van der Waals surface area (Å²) in [5, 5.41) is 3.62. The van der Waals surface area contributed by atoms with Gasteiger partial charge in [0.15, 0.2) is 8.32 Å². The van der Waals surface area contributed by atoms with Crippen LogP contribution in [0.3, 0.4) is 0 Å². The molecule has 2 atom stereocenters. The molecule has 0 heterocycles. The lowest BCUT2D eigenvalue weighted by atomic mass is 10.0. The van der Waals surface area contributed by atoms with Gasteiger partial charge < -0.3 is 19.4 Å². The van der Waals surface area contributed by atoms with Gasteiger partial charge in [-0.15, -0.1) is 0 Å². The highest BCUT2D eigenvalue weighted by molar-refractivity contribution is 6.74. The quantitative estimate of drug-likeness (QED) is 0.602. The predicted octanol–water partition coefficient (Wildman–Crippen LogP) is 4.88. The van der Waals surface area contributed by atoms with Crippen LogP contribution in [0.15, 0.2) is 0 Å². The van der Waals surface area contributed by atoms with Gasteiger partial charge in [-0.05, 0) is 44.8 Å². The maximum absolute atomic E-state index is 12.4. The van der Waals surface area contributed by atoms with Crippen molar-refractivity contribution in [3.8, 4) is 0 Å². The topological polar surface area (TPSA) is 50.8 Å². The highest BCUT2D eigenvalue weighted by atomic mass is 28.4. The fourth-order valence-electron chi connectivity index (χ4n) is 2.13. The Bertz CT molecular complexity index is 439. The molecule has 0 aromatic rings. The van der Waals surface area contributed by atoms with Crippen LogP contribution in [0, 0.1) is 5.92 Å². The van der Waals surface area contributed by atoms with Gasteiger partial charge in [0.2, 0.25) is 0 Å². The highest BCUT2D eigenvalue weighted by Gasteiger charge is 2.40. The van der Waals surface area contributed by atoms with Crippen LogP contribution in [0.25, 0.3) is 0 Å². The smallest absolute Gasteiger partial charge is 0.410 e. The van der Waals surface area contributed by atoms with Gasteiger partial charge in [0, 0.05) is 26.2 Å². The van der Waals surface area contributed by atoms with Gasteiger partial charge in [-0.3, -0.25) is 0 Å². The summed E-state index contributed by atoms with van der Waals surface area (Å²) in [6.45, 7) is 24.8. The maximum atomic E-state index is 12.4. The van der Waals surface area contributed by atoms with E-state index in [9.17, 15) is 4.79 Å². The zero-order valence-electron chi connectivity index (χ0n) is 19.3. The molecule has 0 aliphatic rings. The molecule has 0 radical (unpaired) electrons. The summed E-state index contributed by atoms with van der Waals surface area (Å²) in [7, 11) is -0.152. The molecule has 26 heavy (non-hydrogen) atoms. The van der Waals surface area contributed by atoms with Crippen LogP contribution < -0.4 is 5.32 Å². The van der Waals surface area contributed by atoms with Crippen molar-refractivity contribution in [2.24, 2.45) is 5.92 Å². The van der Waals surface area contributed by atoms with E-state index < -0.39 is 13.9 Å². The lowest BCUT2D eigenvalue weighted by molar-refractivity contribution is 0.0165. The number of hydrogen-bond donors (Lipinski definition) is 1. The normalized spacial score (nSPS) is 15.7. The summed E-state index contributed by atoms with van der Waals surface area (Å²) in [5.74, 6) is 0.288. The number of nitrogens with zero attached hydrogens (tertiary/aromatic N) is 1. The molecule has 5 nitrogen and oxygen atoms in total. The average Bonchev–Trinajstić information content (AvgIpc) is 2.40. The molecule has 0 aromatic heterocycles. The van der Waals surface area contributed by atoms with E-state index in [4.69, 9.17) is 9.16 Å². The Morgan fingerprint density at radius 1 is 1.08 bits per heavy atom. The van der Waals surface area contributed by atoms with Crippen LogP contribution in [0.1, 0.15) is 62.3 Å². The molecule has 0 fully saturated rings. The molecule has 0 aromatic carbocycles. The van der Waals surface area contributed by atoms with Gasteiger partial charge in [-0.25, -0.2) is 4.79 Å². The van der Waals surface area contributed by atoms with Crippen molar-refractivity contribution in [2.75, 3.05) is 20.1 Å². The van der Waals surface area contributed by atoms with Gasteiger partial charge in [-0.2, -0.15) is 0 Å². The Labute approximate surface area is 163 Å². The molecule has 0 rings (SSSR count). The summed E-state index contributed by atoms with van der Waals surface area (Å²) in [6, 6.07) is 0.426. The monoisotopic (exact) mass is 388 g/mol. The third-order valence-electron chi connectivity index (χ3n) is 4.89. The minimum Gasteiger partial charge on any atom is -0.444 e. The molecule has 0 spiro atoms. The Hall–Kier alpha value is -0.593. The lowest BCUT2D eigenvalue weighted by Gasteiger charge is -2.42. The number of nitrogens with one attached hydrogen (secondary N) is 1. The van der Waals surface area contributed by atoms with Crippen molar-refractivity contribution in [3.63, 3.8) is 0 Å². The first-order chi connectivity index (χ1) is 11.5. The number of likely N-dealkylation sites (N-methyl/N-ethyl adjacent to an activating group) is 1. The van der Waals surface area contributed by atoms with E-state index in [1.54, 1.807) is 11.9 Å². The number of rotatable bonds is 8. The fraction of sp³-hybridized carbons (Fsp3) is 0.950. The van der Waals surface area contributed by atoms with Crippen molar-refractivity contribution in [1.82, 2.24) is 10.2 Å². The van der Waals surface area contributed by atoms with E-state index in [0.717, 1.165) is 6.54 Å². The molecule has 0 aliphatic heterocycles. The van der Waals surface area contributed by atoms with E-state index in [-0.39, 0.29) is 23.2 Å². The molecule has 0 bridgehead atoms. The molecule has 0 aliphatic carbocycles. The summed E-state index contributed by atoms with van der Waals surface area (Å²) in [5.41, 5.74) is -0.494. The van der Waals surface area contributed by atoms with Gasteiger partial charge in [0.05, 0.1) is 6.10 Å². The molecule has 1 N–H and O–H groups in total. The Morgan fingerprint density at radius 3 is 1.96 bits per heavy atom. The van der Waals surface area contributed by atoms with Crippen molar-refractivity contribution < 1.29 is 14.0 Å². The molecule has 156 valence electrons. The van der Waals surface area contributed by atoms with Crippen molar-refractivity contribution in [2.45, 2.75) is 98.2 Å². The van der Waals surface area contributed by atoms with Crippen LogP contribution in [0.2, 0.25) is 18.1 Å². The standard InChI is InChI=1S/C20H44N2O3Si/c1-15(2)21-13-16(3)17(25-26(11,12)20(7,8)9)14-22(10)18(23)24-19(4,5)6/h15-17,21H,13-14H2,1-12H3/t16-,17+/m1/s1. The molecule has 1 amide bonds. The summed E-state index contributed by atoms with van der Waals surface area (Å²) in [6.07, 6.45) is -0.329. The van der Waals surface area contributed by atoms with Gasteiger partial charge in [0.25, 0.3) is 0 Å². The van der Waals surface area contributed by atoms with E-state index in [2.05, 4.69) is 60.0 Å². The highest BCUT2D eigenvalue weighted by Crippen LogP contribution is 2.38. The van der Waals surface area contributed by atoms with Crippen LogP contribution >= 0.6 is 0 Å². The van der Waals surface area contributed by atoms with E-state index in [1.165, 1.54) is 0 Å². The van der Waals surface area contributed by atoms with Crippen molar-refractivity contribution in [3.05, 3.63) is 0 Å².